The predicted octanol–water partition coefficient (Wildman–Crippen LogP) is 2.91. The highest BCUT2D eigenvalue weighted by Crippen LogP contribution is 2.13. The number of guanidine groups is 1. The van der Waals surface area contributed by atoms with Crippen LogP contribution in [0.25, 0.3) is 0 Å². The molecule has 2 rings (SSSR count). The van der Waals surface area contributed by atoms with E-state index in [1.807, 2.05) is 0 Å². The van der Waals surface area contributed by atoms with Gasteiger partial charge < -0.3 is 20.3 Å². The average molecular weight is 405 g/mol. The minimum Gasteiger partial charge on any atom is -0.450 e. The van der Waals surface area contributed by atoms with Crippen LogP contribution in [0.3, 0.4) is 0 Å². The van der Waals surface area contributed by atoms with Gasteiger partial charge in [-0.05, 0) is 31.2 Å². The van der Waals surface area contributed by atoms with Crippen LogP contribution < -0.4 is 10.6 Å². The third-order valence-electron chi connectivity index (χ3n) is 4.61. The van der Waals surface area contributed by atoms with E-state index in [1.165, 1.54) is 12.1 Å². The number of piperidine rings is 1. The fourth-order valence-corrected chi connectivity index (χ4v) is 2.96. The summed E-state index contributed by atoms with van der Waals surface area (Å²) in [4.78, 5) is 28.6. The molecule has 9 nitrogen and oxygen atoms in total. The standard InChI is InChI=1S/C20H31N5O4/c1-4-29-20(26)24-11-9-17(10-12-24)23-19(21-13-15(2)3)22-14-16-5-7-18(8-6-16)25(27)28/h5-8,15,17H,4,9-14H2,1-3H3,(H2,21,22,23). The van der Waals surface area contributed by atoms with Crippen molar-refractivity contribution in [3.05, 3.63) is 39.9 Å². The van der Waals surface area contributed by atoms with Crippen molar-refractivity contribution in [2.24, 2.45) is 10.9 Å². The van der Waals surface area contributed by atoms with Gasteiger partial charge in [0.2, 0.25) is 0 Å². The molecule has 160 valence electrons. The van der Waals surface area contributed by atoms with E-state index < -0.39 is 4.92 Å². The van der Waals surface area contributed by atoms with Crippen LogP contribution in [0.1, 0.15) is 39.2 Å². The molecule has 0 radical (unpaired) electrons. The highest BCUT2D eigenvalue weighted by Gasteiger charge is 2.24. The van der Waals surface area contributed by atoms with Gasteiger partial charge in [-0.15, -0.1) is 0 Å². The van der Waals surface area contributed by atoms with Gasteiger partial charge >= 0.3 is 6.09 Å². The molecule has 1 heterocycles. The lowest BCUT2D eigenvalue weighted by molar-refractivity contribution is -0.384. The number of carbonyl (C=O) groups is 1. The Labute approximate surface area is 171 Å². The predicted molar refractivity (Wildman–Crippen MR) is 112 cm³/mol. The van der Waals surface area contributed by atoms with Gasteiger partial charge in [0.15, 0.2) is 5.96 Å². The molecule has 1 fully saturated rings. The Morgan fingerprint density at radius 3 is 2.52 bits per heavy atom. The molecule has 9 heteroatoms. The number of hydrogen-bond donors (Lipinski definition) is 2. The fraction of sp³-hybridized carbons (Fsp3) is 0.600. The molecule has 1 saturated heterocycles. The van der Waals surface area contributed by atoms with Crippen LogP contribution in [0.4, 0.5) is 10.5 Å². The summed E-state index contributed by atoms with van der Waals surface area (Å²) < 4.78 is 5.06. The van der Waals surface area contributed by atoms with Gasteiger partial charge in [0.1, 0.15) is 0 Å². The maximum Gasteiger partial charge on any atom is 0.409 e. The number of nitro groups is 1. The van der Waals surface area contributed by atoms with E-state index in [0.29, 0.717) is 38.1 Å². The second-order valence-electron chi connectivity index (χ2n) is 7.47. The minimum atomic E-state index is -0.410. The number of likely N-dealkylation sites (tertiary alicyclic amines) is 1. The van der Waals surface area contributed by atoms with Crippen LogP contribution in [-0.2, 0) is 11.3 Å². The van der Waals surface area contributed by atoms with Crippen molar-refractivity contribution < 1.29 is 14.5 Å². The lowest BCUT2D eigenvalue weighted by Crippen LogP contribution is -2.50. The molecule has 2 N–H and O–H groups in total. The maximum atomic E-state index is 11.8. The summed E-state index contributed by atoms with van der Waals surface area (Å²) in [6.07, 6.45) is 1.38. The molecular weight excluding hydrogens is 374 g/mol. The number of non-ortho nitro benzene ring substituents is 1. The molecule has 1 amide bonds. The molecule has 0 aliphatic carbocycles. The summed E-state index contributed by atoms with van der Waals surface area (Å²) >= 11 is 0. The number of nitrogens with zero attached hydrogens (tertiary/aromatic N) is 3. The Morgan fingerprint density at radius 2 is 1.97 bits per heavy atom. The summed E-state index contributed by atoms with van der Waals surface area (Å²) in [7, 11) is 0. The lowest BCUT2D eigenvalue weighted by Gasteiger charge is -2.32. The van der Waals surface area contributed by atoms with Crippen molar-refractivity contribution in [3.8, 4) is 0 Å². The van der Waals surface area contributed by atoms with Gasteiger partial charge in [-0.25, -0.2) is 9.79 Å². The van der Waals surface area contributed by atoms with Crippen LogP contribution in [-0.4, -0.2) is 54.2 Å². The van der Waals surface area contributed by atoms with Crippen molar-refractivity contribution in [3.63, 3.8) is 0 Å². The number of nitrogens with one attached hydrogen (secondary N) is 2. The van der Waals surface area contributed by atoms with E-state index >= 15 is 0 Å². The molecule has 29 heavy (non-hydrogen) atoms. The molecule has 0 saturated carbocycles. The third kappa shape index (κ3) is 7.59. The number of amides is 1. The zero-order valence-electron chi connectivity index (χ0n) is 17.4. The van der Waals surface area contributed by atoms with E-state index in [1.54, 1.807) is 24.0 Å². The maximum absolute atomic E-state index is 11.8. The van der Waals surface area contributed by atoms with Crippen LogP contribution in [0.15, 0.2) is 29.3 Å². The summed E-state index contributed by atoms with van der Waals surface area (Å²) in [6.45, 7) is 8.95. The zero-order valence-corrected chi connectivity index (χ0v) is 17.4. The van der Waals surface area contributed by atoms with Gasteiger partial charge in [-0.2, -0.15) is 0 Å². The van der Waals surface area contributed by atoms with Gasteiger partial charge in [-0.1, -0.05) is 26.0 Å². The molecule has 1 aromatic rings. The summed E-state index contributed by atoms with van der Waals surface area (Å²) in [6, 6.07) is 6.64. The Hall–Kier alpha value is -2.84. The first-order chi connectivity index (χ1) is 13.9. The highest BCUT2D eigenvalue weighted by molar-refractivity contribution is 5.80. The molecule has 1 aliphatic rings. The number of rotatable bonds is 7. The second-order valence-corrected chi connectivity index (χ2v) is 7.47. The normalized spacial score (nSPS) is 15.3. The minimum absolute atomic E-state index is 0.0716. The number of carbonyl (C=O) groups excluding carboxylic acids is 1. The second kappa shape index (κ2) is 11.2. The number of nitro benzene ring substituents is 1. The molecular formula is C20H31N5O4. The molecule has 0 aromatic heterocycles. The van der Waals surface area contributed by atoms with Crippen LogP contribution in [0.5, 0.6) is 0 Å². The quantitative estimate of drug-likeness (QED) is 0.312. The number of hydrogen-bond acceptors (Lipinski definition) is 5. The van der Waals surface area contributed by atoms with Crippen LogP contribution in [0.2, 0.25) is 0 Å². The largest absolute Gasteiger partial charge is 0.450 e. The van der Waals surface area contributed by atoms with Crippen LogP contribution in [0, 0.1) is 16.0 Å². The SMILES string of the molecule is CCOC(=O)N1CCC(NC(=NCc2ccc([N+](=O)[O-])cc2)NCC(C)C)CC1. The first-order valence-electron chi connectivity index (χ1n) is 10.1. The molecule has 0 atom stereocenters. The van der Waals surface area contributed by atoms with Crippen molar-refractivity contribution in [2.45, 2.75) is 46.2 Å². The summed E-state index contributed by atoms with van der Waals surface area (Å²) in [5.41, 5.74) is 0.973. The summed E-state index contributed by atoms with van der Waals surface area (Å²) in [5.74, 6) is 1.18. The summed E-state index contributed by atoms with van der Waals surface area (Å²) in [5, 5.41) is 17.6. The first-order valence-corrected chi connectivity index (χ1v) is 10.1. The van der Waals surface area contributed by atoms with Gasteiger partial charge in [0.25, 0.3) is 5.69 Å². The van der Waals surface area contributed by atoms with Crippen LogP contribution >= 0.6 is 0 Å². The van der Waals surface area contributed by atoms with E-state index in [2.05, 4.69) is 29.5 Å². The topological polar surface area (TPSA) is 109 Å². The molecule has 0 bridgehead atoms. The van der Waals surface area contributed by atoms with Gasteiger partial charge in [0, 0.05) is 37.8 Å². The molecule has 1 aromatic carbocycles. The smallest absolute Gasteiger partial charge is 0.409 e. The molecule has 1 aliphatic heterocycles. The Kier molecular flexibility index (Phi) is 8.69. The number of benzene rings is 1. The average Bonchev–Trinajstić information content (AvgIpc) is 2.71. The van der Waals surface area contributed by atoms with E-state index in [9.17, 15) is 14.9 Å². The molecule has 0 spiro atoms. The van der Waals surface area contributed by atoms with E-state index in [-0.39, 0.29) is 17.8 Å². The number of ether oxygens (including phenoxy) is 1. The van der Waals surface area contributed by atoms with Gasteiger partial charge in [-0.3, -0.25) is 10.1 Å². The van der Waals surface area contributed by atoms with Crippen molar-refractivity contribution in [2.75, 3.05) is 26.2 Å². The van der Waals surface area contributed by atoms with Crippen molar-refractivity contribution in [1.29, 1.82) is 0 Å². The fourth-order valence-electron chi connectivity index (χ4n) is 2.96. The zero-order chi connectivity index (χ0) is 21.2. The Bertz CT molecular complexity index is 697. The third-order valence-corrected chi connectivity index (χ3v) is 4.61. The highest BCUT2D eigenvalue weighted by atomic mass is 16.6. The van der Waals surface area contributed by atoms with Crippen molar-refractivity contribution >= 4 is 17.7 Å². The Balaban J connectivity index is 1.94. The lowest BCUT2D eigenvalue weighted by atomic mass is 10.1. The van der Waals surface area contributed by atoms with Crippen molar-refractivity contribution in [1.82, 2.24) is 15.5 Å². The monoisotopic (exact) mass is 405 g/mol. The molecule has 0 unspecified atom stereocenters. The Morgan fingerprint density at radius 1 is 1.31 bits per heavy atom. The van der Waals surface area contributed by atoms with Gasteiger partial charge in [0.05, 0.1) is 18.1 Å². The van der Waals surface area contributed by atoms with E-state index in [4.69, 9.17) is 4.74 Å². The first kappa shape index (κ1) is 22.4. The number of aliphatic imine (C=N–C) groups is 1. The van der Waals surface area contributed by atoms with E-state index in [0.717, 1.165) is 24.9 Å².